The fourth-order valence-corrected chi connectivity index (χ4v) is 4.08. The van der Waals surface area contributed by atoms with Crippen LogP contribution in [0.4, 0.5) is 0 Å². The first-order valence-electron chi connectivity index (χ1n) is 6.37. The number of aromatic nitrogens is 1. The summed E-state index contributed by atoms with van der Waals surface area (Å²) in [5.41, 5.74) is 1.36. The van der Waals surface area contributed by atoms with Gasteiger partial charge in [-0.05, 0) is 32.4 Å². The first-order valence-corrected chi connectivity index (χ1v) is 8.19. The normalized spacial score (nSPS) is 21.3. The third-order valence-electron chi connectivity index (χ3n) is 3.41. The van der Waals surface area contributed by atoms with Crippen molar-refractivity contribution in [3.63, 3.8) is 0 Å². The Morgan fingerprint density at radius 2 is 2.21 bits per heavy atom. The summed E-state index contributed by atoms with van der Waals surface area (Å²) in [6.45, 7) is 4.23. The second-order valence-electron chi connectivity index (χ2n) is 4.84. The molecular formula is C13H18N2O3S. The zero-order valence-electron chi connectivity index (χ0n) is 11.2. The van der Waals surface area contributed by atoms with Gasteiger partial charge >= 0.3 is 0 Å². The Bertz CT molecular complexity index is 566. The van der Waals surface area contributed by atoms with Crippen molar-refractivity contribution < 1.29 is 13.2 Å². The molecule has 1 amide bonds. The van der Waals surface area contributed by atoms with Crippen LogP contribution in [0.3, 0.4) is 0 Å². The number of carbonyl (C=O) groups is 1. The van der Waals surface area contributed by atoms with Crippen LogP contribution in [0.1, 0.15) is 29.4 Å². The van der Waals surface area contributed by atoms with Crippen LogP contribution in [-0.4, -0.2) is 48.3 Å². The SMILES string of the molecule is CCN(C(=O)c1ccc(C)nc1)C1CCS(=O)(=O)C1. The van der Waals surface area contributed by atoms with Gasteiger partial charge < -0.3 is 4.90 Å². The topological polar surface area (TPSA) is 67.3 Å². The van der Waals surface area contributed by atoms with Gasteiger partial charge in [0.1, 0.15) is 0 Å². The quantitative estimate of drug-likeness (QED) is 0.830. The minimum atomic E-state index is -2.98. The predicted octanol–water partition coefficient (Wildman–Crippen LogP) is 1.04. The van der Waals surface area contributed by atoms with Crippen molar-refractivity contribution in [2.45, 2.75) is 26.3 Å². The summed E-state index contributed by atoms with van der Waals surface area (Å²) in [6.07, 6.45) is 2.07. The maximum atomic E-state index is 12.4. The Labute approximate surface area is 113 Å². The molecule has 1 aromatic rings. The molecule has 19 heavy (non-hydrogen) atoms. The highest BCUT2D eigenvalue weighted by Gasteiger charge is 2.34. The zero-order chi connectivity index (χ0) is 14.0. The van der Waals surface area contributed by atoms with E-state index in [0.29, 0.717) is 18.5 Å². The van der Waals surface area contributed by atoms with Crippen LogP contribution in [-0.2, 0) is 9.84 Å². The van der Waals surface area contributed by atoms with Crippen molar-refractivity contribution in [2.75, 3.05) is 18.1 Å². The van der Waals surface area contributed by atoms with E-state index in [2.05, 4.69) is 4.98 Å². The number of nitrogens with zero attached hydrogens (tertiary/aromatic N) is 2. The van der Waals surface area contributed by atoms with Crippen LogP contribution in [0.2, 0.25) is 0 Å². The van der Waals surface area contributed by atoms with Crippen molar-refractivity contribution in [3.05, 3.63) is 29.6 Å². The van der Waals surface area contributed by atoms with Crippen LogP contribution >= 0.6 is 0 Å². The summed E-state index contributed by atoms with van der Waals surface area (Å²) in [5.74, 6) is 0.108. The van der Waals surface area contributed by atoms with Crippen molar-refractivity contribution in [1.82, 2.24) is 9.88 Å². The van der Waals surface area contributed by atoms with Crippen molar-refractivity contribution in [1.29, 1.82) is 0 Å². The lowest BCUT2D eigenvalue weighted by Gasteiger charge is -2.26. The van der Waals surface area contributed by atoms with Crippen LogP contribution in [0, 0.1) is 6.92 Å². The van der Waals surface area contributed by atoms with Gasteiger partial charge in [-0.1, -0.05) is 0 Å². The predicted molar refractivity (Wildman–Crippen MR) is 72.7 cm³/mol. The molecule has 0 saturated carbocycles. The van der Waals surface area contributed by atoms with Gasteiger partial charge in [-0.2, -0.15) is 0 Å². The Kier molecular flexibility index (Phi) is 3.89. The van der Waals surface area contributed by atoms with Gasteiger partial charge in [-0.25, -0.2) is 8.42 Å². The second-order valence-corrected chi connectivity index (χ2v) is 7.07. The van der Waals surface area contributed by atoms with E-state index < -0.39 is 9.84 Å². The number of hydrogen-bond acceptors (Lipinski definition) is 4. The largest absolute Gasteiger partial charge is 0.335 e. The summed E-state index contributed by atoms with van der Waals surface area (Å²) in [4.78, 5) is 18.1. The highest BCUT2D eigenvalue weighted by atomic mass is 32.2. The highest BCUT2D eigenvalue weighted by molar-refractivity contribution is 7.91. The maximum Gasteiger partial charge on any atom is 0.255 e. The average molecular weight is 282 g/mol. The summed E-state index contributed by atoms with van der Waals surface area (Å²) < 4.78 is 23.0. The maximum absolute atomic E-state index is 12.4. The minimum Gasteiger partial charge on any atom is -0.335 e. The third-order valence-corrected chi connectivity index (χ3v) is 5.16. The van der Waals surface area contributed by atoms with E-state index in [9.17, 15) is 13.2 Å². The number of amides is 1. The molecule has 0 aliphatic carbocycles. The number of aryl methyl sites for hydroxylation is 1. The number of rotatable bonds is 3. The first kappa shape index (κ1) is 14.0. The molecule has 1 aromatic heterocycles. The highest BCUT2D eigenvalue weighted by Crippen LogP contribution is 2.19. The lowest BCUT2D eigenvalue weighted by atomic mass is 10.1. The van der Waals surface area contributed by atoms with Gasteiger partial charge in [0.05, 0.1) is 17.1 Å². The molecule has 5 nitrogen and oxygen atoms in total. The summed E-state index contributed by atoms with van der Waals surface area (Å²) in [5, 5.41) is 0. The van der Waals surface area contributed by atoms with Gasteiger partial charge in [0.25, 0.3) is 5.91 Å². The molecule has 1 saturated heterocycles. The van der Waals surface area contributed by atoms with Gasteiger partial charge in [0.15, 0.2) is 9.84 Å². The lowest BCUT2D eigenvalue weighted by Crippen LogP contribution is -2.41. The number of carbonyl (C=O) groups excluding carboxylic acids is 1. The minimum absolute atomic E-state index is 0.0753. The van der Waals surface area contributed by atoms with E-state index in [0.717, 1.165) is 5.69 Å². The van der Waals surface area contributed by atoms with Crippen LogP contribution in [0.25, 0.3) is 0 Å². The first-order chi connectivity index (χ1) is 8.93. The molecular weight excluding hydrogens is 264 g/mol. The molecule has 2 rings (SSSR count). The van der Waals surface area contributed by atoms with Gasteiger partial charge in [0, 0.05) is 24.5 Å². The van der Waals surface area contributed by atoms with Crippen molar-refractivity contribution in [3.8, 4) is 0 Å². The molecule has 1 fully saturated rings. The van der Waals surface area contributed by atoms with Gasteiger partial charge in [0.2, 0.25) is 0 Å². The van der Waals surface area contributed by atoms with E-state index >= 15 is 0 Å². The number of sulfone groups is 1. The fourth-order valence-electron chi connectivity index (χ4n) is 2.35. The Balaban J connectivity index is 2.18. The van der Waals surface area contributed by atoms with E-state index in [4.69, 9.17) is 0 Å². The molecule has 0 bridgehead atoms. The molecule has 1 atom stereocenters. The van der Waals surface area contributed by atoms with Crippen molar-refractivity contribution >= 4 is 15.7 Å². The van der Waals surface area contributed by atoms with Gasteiger partial charge in [-0.15, -0.1) is 0 Å². The molecule has 104 valence electrons. The molecule has 1 aliphatic heterocycles. The molecule has 0 radical (unpaired) electrons. The van der Waals surface area contributed by atoms with E-state index in [1.54, 1.807) is 23.2 Å². The monoisotopic (exact) mass is 282 g/mol. The molecule has 1 aliphatic rings. The van der Waals surface area contributed by atoms with Crippen LogP contribution in [0.5, 0.6) is 0 Å². The zero-order valence-corrected chi connectivity index (χ0v) is 12.0. The number of pyridine rings is 1. The molecule has 2 heterocycles. The van der Waals surface area contributed by atoms with E-state index in [-0.39, 0.29) is 23.5 Å². The molecule has 0 N–H and O–H groups in total. The molecule has 0 spiro atoms. The van der Waals surface area contributed by atoms with Crippen LogP contribution in [0.15, 0.2) is 18.3 Å². The summed E-state index contributed by atoms with van der Waals surface area (Å²) in [6, 6.07) is 3.31. The van der Waals surface area contributed by atoms with E-state index in [1.807, 2.05) is 13.8 Å². The smallest absolute Gasteiger partial charge is 0.255 e. The second kappa shape index (κ2) is 5.28. The fraction of sp³-hybridized carbons (Fsp3) is 0.538. The summed E-state index contributed by atoms with van der Waals surface area (Å²) in [7, 11) is -2.98. The van der Waals surface area contributed by atoms with Crippen molar-refractivity contribution in [2.24, 2.45) is 0 Å². The lowest BCUT2D eigenvalue weighted by molar-refractivity contribution is 0.0708. The molecule has 6 heteroatoms. The molecule has 1 unspecified atom stereocenters. The number of hydrogen-bond donors (Lipinski definition) is 0. The van der Waals surface area contributed by atoms with Gasteiger partial charge in [-0.3, -0.25) is 9.78 Å². The van der Waals surface area contributed by atoms with E-state index in [1.165, 1.54) is 0 Å². The molecule has 0 aromatic carbocycles. The standard InChI is InChI=1S/C13H18N2O3S/c1-3-15(12-6-7-19(17,18)9-12)13(16)11-5-4-10(2)14-8-11/h4-5,8,12H,3,6-7,9H2,1-2H3. The Hall–Kier alpha value is -1.43. The Morgan fingerprint density at radius 1 is 1.47 bits per heavy atom. The average Bonchev–Trinajstić information content (AvgIpc) is 2.71. The summed E-state index contributed by atoms with van der Waals surface area (Å²) >= 11 is 0. The Morgan fingerprint density at radius 3 is 2.68 bits per heavy atom. The van der Waals surface area contributed by atoms with Crippen LogP contribution < -0.4 is 0 Å². The third kappa shape index (κ3) is 3.12.